The van der Waals surface area contributed by atoms with Gasteiger partial charge in [-0.05, 0) is 30.7 Å². The number of hydrogen-bond donors (Lipinski definition) is 2. The first-order valence-electron chi connectivity index (χ1n) is 7.03. The minimum atomic E-state index is -0.764. The van der Waals surface area contributed by atoms with E-state index in [4.69, 9.17) is 4.74 Å². The van der Waals surface area contributed by atoms with Crippen LogP contribution in [0.1, 0.15) is 15.9 Å². The van der Waals surface area contributed by atoms with Crippen LogP contribution in [0.3, 0.4) is 0 Å². The van der Waals surface area contributed by atoms with Gasteiger partial charge in [-0.2, -0.15) is 8.75 Å². The SMILES string of the molecule is Cc1cccc(C(=O)OCC(=O)Nc2cccc3nsnc23)c1O. The van der Waals surface area contributed by atoms with Gasteiger partial charge in [0, 0.05) is 0 Å². The van der Waals surface area contributed by atoms with Crippen LogP contribution in [-0.2, 0) is 9.53 Å². The summed E-state index contributed by atoms with van der Waals surface area (Å²) < 4.78 is 13.1. The number of rotatable bonds is 4. The standard InChI is InChI=1S/C16H13N3O4S/c1-9-4-2-5-10(15(9)21)16(22)23-8-13(20)17-11-6-3-7-12-14(11)19-24-18-12/h2-7,21H,8H2,1H3,(H,17,20). The van der Waals surface area contributed by atoms with Gasteiger partial charge in [0.2, 0.25) is 0 Å². The summed E-state index contributed by atoms with van der Waals surface area (Å²) in [5.41, 5.74) is 2.34. The number of aryl methyl sites for hydroxylation is 1. The predicted octanol–water partition coefficient (Wildman–Crippen LogP) is 2.50. The van der Waals surface area contributed by atoms with Crippen LogP contribution in [0.15, 0.2) is 36.4 Å². The zero-order chi connectivity index (χ0) is 17.1. The number of amides is 1. The maximum atomic E-state index is 12.0. The Bertz CT molecular complexity index is 923. The predicted molar refractivity (Wildman–Crippen MR) is 89.2 cm³/mol. The molecule has 3 rings (SSSR count). The average Bonchev–Trinajstić information content (AvgIpc) is 3.05. The van der Waals surface area contributed by atoms with Crippen LogP contribution >= 0.6 is 11.7 Å². The average molecular weight is 343 g/mol. The van der Waals surface area contributed by atoms with E-state index in [9.17, 15) is 14.7 Å². The van der Waals surface area contributed by atoms with E-state index < -0.39 is 18.5 Å². The smallest absolute Gasteiger partial charge is 0.342 e. The van der Waals surface area contributed by atoms with E-state index >= 15 is 0 Å². The van der Waals surface area contributed by atoms with Crippen molar-refractivity contribution in [3.63, 3.8) is 0 Å². The lowest BCUT2D eigenvalue weighted by molar-refractivity contribution is -0.119. The number of aromatic nitrogens is 2. The molecule has 0 saturated carbocycles. The molecule has 0 aliphatic carbocycles. The summed E-state index contributed by atoms with van der Waals surface area (Å²) in [5, 5.41) is 12.5. The number of para-hydroxylation sites is 1. The van der Waals surface area contributed by atoms with Crippen LogP contribution < -0.4 is 5.32 Å². The Morgan fingerprint density at radius 1 is 1.21 bits per heavy atom. The lowest BCUT2D eigenvalue weighted by Gasteiger charge is -2.08. The first-order chi connectivity index (χ1) is 11.6. The summed E-state index contributed by atoms with van der Waals surface area (Å²) in [6, 6.07) is 9.95. The molecular formula is C16H13N3O4S. The van der Waals surface area contributed by atoms with E-state index in [1.165, 1.54) is 6.07 Å². The number of benzene rings is 2. The van der Waals surface area contributed by atoms with Gasteiger partial charge in [-0.1, -0.05) is 18.2 Å². The topological polar surface area (TPSA) is 101 Å². The highest BCUT2D eigenvalue weighted by Crippen LogP contribution is 2.23. The number of phenolic OH excluding ortho intramolecular Hbond substituents is 1. The van der Waals surface area contributed by atoms with Gasteiger partial charge in [0.25, 0.3) is 5.91 Å². The van der Waals surface area contributed by atoms with Gasteiger partial charge in [-0.15, -0.1) is 0 Å². The Morgan fingerprint density at radius 3 is 2.83 bits per heavy atom. The zero-order valence-electron chi connectivity index (χ0n) is 12.6. The molecule has 0 atom stereocenters. The summed E-state index contributed by atoms with van der Waals surface area (Å²) >= 11 is 1.05. The number of aromatic hydroxyl groups is 1. The number of carbonyl (C=O) groups excluding carboxylic acids is 2. The van der Waals surface area contributed by atoms with Crippen LogP contribution in [0, 0.1) is 6.92 Å². The third kappa shape index (κ3) is 3.18. The Morgan fingerprint density at radius 2 is 2.00 bits per heavy atom. The van der Waals surface area contributed by atoms with Gasteiger partial charge >= 0.3 is 5.97 Å². The molecule has 0 aliphatic heterocycles. The Hall–Kier alpha value is -3.00. The van der Waals surface area contributed by atoms with Gasteiger partial charge in [0.15, 0.2) is 6.61 Å². The van der Waals surface area contributed by atoms with Crippen molar-refractivity contribution < 1.29 is 19.4 Å². The molecule has 2 N–H and O–H groups in total. The number of fused-ring (bicyclic) bond motifs is 1. The molecule has 0 saturated heterocycles. The zero-order valence-corrected chi connectivity index (χ0v) is 13.5. The normalized spacial score (nSPS) is 10.5. The second-order valence-corrected chi connectivity index (χ2v) is 5.56. The monoisotopic (exact) mass is 343 g/mol. The Labute approximate surface area is 141 Å². The van der Waals surface area contributed by atoms with Crippen molar-refractivity contribution in [1.29, 1.82) is 0 Å². The Kier molecular flexibility index (Phi) is 4.39. The fourth-order valence-electron chi connectivity index (χ4n) is 2.13. The molecule has 0 spiro atoms. The molecule has 0 bridgehead atoms. The number of esters is 1. The fourth-order valence-corrected chi connectivity index (χ4v) is 2.68. The van der Waals surface area contributed by atoms with Gasteiger partial charge in [-0.3, -0.25) is 4.79 Å². The Balaban J connectivity index is 1.64. The van der Waals surface area contributed by atoms with E-state index in [0.717, 1.165) is 11.7 Å². The molecule has 2 aromatic carbocycles. The van der Waals surface area contributed by atoms with Crippen LogP contribution in [-0.4, -0.2) is 32.3 Å². The molecule has 0 aliphatic rings. The quantitative estimate of drug-likeness (QED) is 0.706. The first-order valence-corrected chi connectivity index (χ1v) is 7.76. The van der Waals surface area contributed by atoms with Crippen molar-refractivity contribution in [2.45, 2.75) is 6.92 Å². The number of nitrogens with one attached hydrogen (secondary N) is 1. The summed E-state index contributed by atoms with van der Waals surface area (Å²) in [6.07, 6.45) is 0. The highest BCUT2D eigenvalue weighted by molar-refractivity contribution is 7.00. The number of hydrogen-bond acceptors (Lipinski definition) is 7. The van der Waals surface area contributed by atoms with Crippen molar-refractivity contribution in [2.24, 2.45) is 0 Å². The summed E-state index contributed by atoms with van der Waals surface area (Å²) in [6.45, 7) is 1.20. The molecule has 1 amide bonds. The summed E-state index contributed by atoms with van der Waals surface area (Å²) in [7, 11) is 0. The van der Waals surface area contributed by atoms with Crippen molar-refractivity contribution in [3.8, 4) is 5.75 Å². The highest BCUT2D eigenvalue weighted by atomic mass is 32.1. The van der Waals surface area contributed by atoms with Crippen LogP contribution in [0.5, 0.6) is 5.75 Å². The lowest BCUT2D eigenvalue weighted by Crippen LogP contribution is -2.21. The first kappa shape index (κ1) is 15.9. The van der Waals surface area contributed by atoms with Crippen molar-refractivity contribution in [2.75, 3.05) is 11.9 Å². The maximum Gasteiger partial charge on any atom is 0.342 e. The third-order valence-electron chi connectivity index (χ3n) is 3.35. The molecule has 1 heterocycles. The minimum absolute atomic E-state index is 0.0219. The maximum absolute atomic E-state index is 12.0. The number of ether oxygens (including phenoxy) is 1. The second-order valence-electron chi connectivity index (χ2n) is 5.03. The number of anilines is 1. The molecule has 122 valence electrons. The molecule has 3 aromatic rings. The van der Waals surface area contributed by atoms with Gasteiger partial charge in [0.1, 0.15) is 22.3 Å². The van der Waals surface area contributed by atoms with E-state index in [1.54, 1.807) is 37.3 Å². The summed E-state index contributed by atoms with van der Waals surface area (Å²) in [5.74, 6) is -1.42. The molecule has 0 fully saturated rings. The van der Waals surface area contributed by atoms with Gasteiger partial charge in [-0.25, -0.2) is 4.79 Å². The molecule has 8 heteroatoms. The molecule has 0 unspecified atom stereocenters. The van der Waals surface area contributed by atoms with Crippen LogP contribution in [0.25, 0.3) is 11.0 Å². The second kappa shape index (κ2) is 6.63. The van der Waals surface area contributed by atoms with E-state index in [1.807, 2.05) is 0 Å². The van der Waals surface area contributed by atoms with Crippen molar-refractivity contribution in [3.05, 3.63) is 47.5 Å². The lowest BCUT2D eigenvalue weighted by atomic mass is 10.1. The van der Waals surface area contributed by atoms with E-state index in [2.05, 4.69) is 14.1 Å². The molecule has 7 nitrogen and oxygen atoms in total. The van der Waals surface area contributed by atoms with Gasteiger partial charge < -0.3 is 15.2 Å². The van der Waals surface area contributed by atoms with Crippen LogP contribution in [0.2, 0.25) is 0 Å². The number of phenols is 1. The third-order valence-corrected chi connectivity index (χ3v) is 3.89. The number of nitrogens with zero attached hydrogens (tertiary/aromatic N) is 2. The largest absolute Gasteiger partial charge is 0.507 e. The van der Waals surface area contributed by atoms with Crippen molar-refractivity contribution >= 4 is 40.3 Å². The van der Waals surface area contributed by atoms with Gasteiger partial charge in [0.05, 0.1) is 17.4 Å². The minimum Gasteiger partial charge on any atom is -0.507 e. The molecule has 0 radical (unpaired) electrons. The fraction of sp³-hybridized carbons (Fsp3) is 0.125. The highest BCUT2D eigenvalue weighted by Gasteiger charge is 2.16. The van der Waals surface area contributed by atoms with E-state index in [0.29, 0.717) is 22.3 Å². The van der Waals surface area contributed by atoms with Crippen LogP contribution in [0.4, 0.5) is 5.69 Å². The van der Waals surface area contributed by atoms with Crippen molar-refractivity contribution in [1.82, 2.24) is 8.75 Å². The molecule has 1 aromatic heterocycles. The molecular weight excluding hydrogens is 330 g/mol. The number of carbonyl (C=O) groups is 2. The summed E-state index contributed by atoms with van der Waals surface area (Å²) in [4.78, 5) is 23.9. The van der Waals surface area contributed by atoms with E-state index in [-0.39, 0.29) is 11.3 Å². The molecule has 24 heavy (non-hydrogen) atoms.